The number of amides is 1. The van der Waals surface area contributed by atoms with E-state index in [1.165, 1.54) is 0 Å². The summed E-state index contributed by atoms with van der Waals surface area (Å²) >= 11 is 0. The molecule has 0 radical (unpaired) electrons. The van der Waals surface area contributed by atoms with Gasteiger partial charge >= 0.3 is 12.1 Å². The third-order valence-corrected chi connectivity index (χ3v) is 2.18. The lowest BCUT2D eigenvalue weighted by Gasteiger charge is -2.16. The Hall–Kier alpha value is -2.12. The van der Waals surface area contributed by atoms with Crippen LogP contribution in [0, 0.1) is 5.82 Å². The van der Waals surface area contributed by atoms with E-state index in [1.54, 1.807) is 0 Å². The van der Waals surface area contributed by atoms with Gasteiger partial charge in [0.05, 0.1) is 5.56 Å². The van der Waals surface area contributed by atoms with Gasteiger partial charge < -0.3 is 10.4 Å². The monoisotopic (exact) mass is 279 g/mol. The molecule has 0 heterocycles. The second kappa shape index (κ2) is 5.25. The van der Waals surface area contributed by atoms with Gasteiger partial charge in [0.2, 0.25) is 5.91 Å². The minimum Gasteiger partial charge on any atom is -0.479 e. The van der Waals surface area contributed by atoms with Gasteiger partial charge in [0.1, 0.15) is 5.82 Å². The van der Waals surface area contributed by atoms with Gasteiger partial charge in [0, 0.05) is 6.92 Å². The molecule has 0 bridgehead atoms. The first kappa shape index (κ1) is 14.9. The zero-order chi connectivity index (χ0) is 14.8. The van der Waals surface area contributed by atoms with E-state index in [0.29, 0.717) is 12.1 Å². The van der Waals surface area contributed by atoms with Gasteiger partial charge in [0.25, 0.3) is 0 Å². The van der Waals surface area contributed by atoms with Crippen molar-refractivity contribution in [2.75, 3.05) is 0 Å². The molecule has 19 heavy (non-hydrogen) atoms. The van der Waals surface area contributed by atoms with Gasteiger partial charge in [-0.05, 0) is 23.8 Å². The zero-order valence-corrected chi connectivity index (χ0v) is 9.58. The Labute approximate surface area is 105 Å². The molecule has 0 aromatic heterocycles. The number of halogens is 4. The third-order valence-electron chi connectivity index (χ3n) is 2.18. The van der Waals surface area contributed by atoms with E-state index in [2.05, 4.69) is 0 Å². The number of carbonyl (C=O) groups excluding carboxylic acids is 1. The van der Waals surface area contributed by atoms with E-state index in [0.717, 1.165) is 6.92 Å². The first-order valence-corrected chi connectivity index (χ1v) is 4.99. The maximum absolute atomic E-state index is 13.1. The second-order valence-corrected chi connectivity index (χ2v) is 3.74. The molecule has 1 unspecified atom stereocenters. The molecular weight excluding hydrogens is 270 g/mol. The second-order valence-electron chi connectivity index (χ2n) is 3.74. The maximum atomic E-state index is 13.1. The number of nitrogens with one attached hydrogen (secondary N) is 1. The molecule has 104 valence electrons. The van der Waals surface area contributed by atoms with E-state index in [-0.39, 0.29) is 6.07 Å². The predicted molar refractivity (Wildman–Crippen MR) is 55.6 cm³/mol. The highest BCUT2D eigenvalue weighted by molar-refractivity contribution is 5.83. The molecule has 1 amide bonds. The van der Waals surface area contributed by atoms with Crippen LogP contribution in [0.2, 0.25) is 0 Å². The number of hydrogen-bond acceptors (Lipinski definition) is 2. The maximum Gasteiger partial charge on any atom is 0.416 e. The number of carbonyl (C=O) groups is 2. The summed E-state index contributed by atoms with van der Waals surface area (Å²) < 4.78 is 50.5. The van der Waals surface area contributed by atoms with Crippen LogP contribution in [0.5, 0.6) is 0 Å². The van der Waals surface area contributed by atoms with Crippen LogP contribution < -0.4 is 5.32 Å². The zero-order valence-electron chi connectivity index (χ0n) is 9.58. The van der Waals surface area contributed by atoms with Crippen molar-refractivity contribution in [1.29, 1.82) is 0 Å². The largest absolute Gasteiger partial charge is 0.479 e. The summed E-state index contributed by atoms with van der Waals surface area (Å²) in [7, 11) is 0. The SMILES string of the molecule is CC(=O)NC(C(=O)O)c1cc(F)cc(C(F)(F)F)c1. The van der Waals surface area contributed by atoms with Crippen molar-refractivity contribution in [2.24, 2.45) is 0 Å². The van der Waals surface area contributed by atoms with Gasteiger partial charge in [0.15, 0.2) is 6.04 Å². The molecule has 4 nitrogen and oxygen atoms in total. The lowest BCUT2D eigenvalue weighted by atomic mass is 10.0. The summed E-state index contributed by atoms with van der Waals surface area (Å²) in [5.74, 6) is -3.58. The molecule has 0 aliphatic heterocycles. The highest BCUT2D eigenvalue weighted by Gasteiger charge is 2.33. The van der Waals surface area contributed by atoms with Crippen LogP contribution in [0.1, 0.15) is 24.1 Å². The van der Waals surface area contributed by atoms with Crippen LogP contribution in [0.25, 0.3) is 0 Å². The number of aliphatic carboxylic acids is 1. The third kappa shape index (κ3) is 3.94. The Balaban J connectivity index is 3.27. The molecule has 2 N–H and O–H groups in total. The number of alkyl halides is 3. The van der Waals surface area contributed by atoms with E-state index < -0.39 is 41.0 Å². The highest BCUT2D eigenvalue weighted by Crippen LogP contribution is 2.31. The van der Waals surface area contributed by atoms with Crippen molar-refractivity contribution < 1.29 is 32.3 Å². The first-order chi connectivity index (χ1) is 8.61. The van der Waals surface area contributed by atoms with E-state index in [9.17, 15) is 27.2 Å². The number of carboxylic acids is 1. The Morgan fingerprint density at radius 2 is 1.84 bits per heavy atom. The number of rotatable bonds is 3. The Morgan fingerprint density at radius 1 is 1.26 bits per heavy atom. The Bertz CT molecular complexity index is 513. The topological polar surface area (TPSA) is 66.4 Å². The molecule has 1 rings (SSSR count). The molecule has 0 spiro atoms. The van der Waals surface area contributed by atoms with Crippen molar-refractivity contribution in [3.63, 3.8) is 0 Å². The van der Waals surface area contributed by atoms with Gasteiger partial charge in [-0.15, -0.1) is 0 Å². The molecular formula is C11H9F4NO3. The number of hydrogen-bond donors (Lipinski definition) is 2. The molecule has 1 atom stereocenters. The average Bonchev–Trinajstić information content (AvgIpc) is 2.23. The van der Waals surface area contributed by atoms with E-state index in [1.807, 2.05) is 5.32 Å². The molecule has 0 saturated carbocycles. The lowest BCUT2D eigenvalue weighted by molar-refractivity contribution is -0.142. The highest BCUT2D eigenvalue weighted by atomic mass is 19.4. The summed E-state index contributed by atoms with van der Waals surface area (Å²) in [6, 6.07) is -0.382. The van der Waals surface area contributed by atoms with Gasteiger partial charge in [-0.2, -0.15) is 13.2 Å². The fourth-order valence-corrected chi connectivity index (χ4v) is 1.43. The number of benzene rings is 1. The van der Waals surface area contributed by atoms with Gasteiger partial charge in [-0.1, -0.05) is 0 Å². The quantitative estimate of drug-likeness (QED) is 0.833. The van der Waals surface area contributed by atoms with Gasteiger partial charge in [-0.25, -0.2) is 9.18 Å². The predicted octanol–water partition coefficient (Wildman–Crippen LogP) is 2.11. The molecule has 1 aromatic rings. The number of carboxylic acid groups (broad SMARTS) is 1. The Kier molecular flexibility index (Phi) is 4.13. The van der Waals surface area contributed by atoms with Crippen LogP contribution in [0.3, 0.4) is 0 Å². The normalized spacial score (nSPS) is 12.9. The summed E-state index contributed by atoms with van der Waals surface area (Å²) in [6.07, 6.45) is -4.81. The summed E-state index contributed by atoms with van der Waals surface area (Å²) in [5.41, 5.74) is -1.81. The van der Waals surface area contributed by atoms with Crippen LogP contribution in [0.4, 0.5) is 17.6 Å². The lowest BCUT2D eigenvalue weighted by Crippen LogP contribution is -2.32. The van der Waals surface area contributed by atoms with Crippen molar-refractivity contribution in [3.8, 4) is 0 Å². The molecule has 8 heteroatoms. The standard InChI is InChI=1S/C11H9F4NO3/c1-5(17)16-9(10(18)19)6-2-7(11(13,14)15)4-8(12)3-6/h2-4,9H,1H3,(H,16,17)(H,18,19). The molecule has 1 aromatic carbocycles. The van der Waals surface area contributed by atoms with Crippen LogP contribution in [0.15, 0.2) is 18.2 Å². The van der Waals surface area contributed by atoms with Crippen molar-refractivity contribution in [2.45, 2.75) is 19.1 Å². The fourth-order valence-electron chi connectivity index (χ4n) is 1.43. The van der Waals surface area contributed by atoms with E-state index >= 15 is 0 Å². The van der Waals surface area contributed by atoms with Gasteiger partial charge in [-0.3, -0.25) is 4.79 Å². The fraction of sp³-hybridized carbons (Fsp3) is 0.273. The van der Waals surface area contributed by atoms with Crippen LogP contribution in [-0.2, 0) is 15.8 Å². The Morgan fingerprint density at radius 3 is 2.26 bits per heavy atom. The van der Waals surface area contributed by atoms with Crippen molar-refractivity contribution >= 4 is 11.9 Å². The van der Waals surface area contributed by atoms with Crippen LogP contribution >= 0.6 is 0 Å². The van der Waals surface area contributed by atoms with E-state index in [4.69, 9.17) is 5.11 Å². The molecule has 0 saturated heterocycles. The first-order valence-electron chi connectivity index (χ1n) is 4.99. The van der Waals surface area contributed by atoms with Crippen molar-refractivity contribution in [3.05, 3.63) is 35.1 Å². The summed E-state index contributed by atoms with van der Waals surface area (Å²) in [6.45, 7) is 1.000. The average molecular weight is 279 g/mol. The summed E-state index contributed by atoms with van der Waals surface area (Å²) in [4.78, 5) is 21.7. The van der Waals surface area contributed by atoms with Crippen molar-refractivity contribution in [1.82, 2.24) is 5.32 Å². The smallest absolute Gasteiger partial charge is 0.416 e. The summed E-state index contributed by atoms with van der Waals surface area (Å²) in [5, 5.41) is 10.8. The molecule has 0 fully saturated rings. The van der Waals surface area contributed by atoms with Crippen LogP contribution in [-0.4, -0.2) is 17.0 Å². The minimum atomic E-state index is -4.81. The molecule has 0 aliphatic rings. The minimum absolute atomic E-state index is 0.246. The molecule has 0 aliphatic carbocycles.